The molecule has 0 atom stereocenters. The van der Waals surface area contributed by atoms with E-state index in [1.54, 1.807) is 0 Å². The van der Waals surface area contributed by atoms with Crippen LogP contribution in [0, 0.1) is 18.6 Å². The molecular formula is C17H13F5O. The van der Waals surface area contributed by atoms with Gasteiger partial charge in [-0.1, -0.05) is 29.8 Å². The molecule has 0 unspecified atom stereocenters. The Hall–Kier alpha value is -2.37. The van der Waals surface area contributed by atoms with E-state index in [-0.39, 0.29) is 18.4 Å². The summed E-state index contributed by atoms with van der Waals surface area (Å²) in [6.45, 7) is 2.01. The Labute approximate surface area is 130 Å². The second-order valence-electron chi connectivity index (χ2n) is 4.95. The second kappa shape index (κ2) is 6.81. The van der Waals surface area contributed by atoms with Crippen LogP contribution in [0.2, 0.25) is 0 Å². The summed E-state index contributed by atoms with van der Waals surface area (Å²) in [5, 5.41) is 0. The Balaban J connectivity index is 2.13. The molecule has 0 saturated carbocycles. The van der Waals surface area contributed by atoms with Gasteiger partial charge < -0.3 is 4.74 Å². The van der Waals surface area contributed by atoms with E-state index < -0.39 is 23.4 Å². The molecule has 0 saturated heterocycles. The van der Waals surface area contributed by atoms with Gasteiger partial charge in [-0.05, 0) is 18.6 Å². The fourth-order valence-corrected chi connectivity index (χ4v) is 1.83. The topological polar surface area (TPSA) is 9.23 Å². The van der Waals surface area contributed by atoms with Gasteiger partial charge >= 0.3 is 6.18 Å². The van der Waals surface area contributed by atoms with Gasteiger partial charge in [-0.2, -0.15) is 13.2 Å². The molecule has 0 amide bonds. The maximum atomic E-state index is 13.7. The smallest absolute Gasteiger partial charge is 0.409 e. The Kier molecular flexibility index (Phi) is 5.03. The third-order valence-corrected chi connectivity index (χ3v) is 3.02. The number of allylic oxidation sites excluding steroid dienone is 1. The lowest BCUT2D eigenvalue weighted by atomic mass is 10.1. The van der Waals surface area contributed by atoms with Crippen LogP contribution in [-0.2, 0) is 6.61 Å². The van der Waals surface area contributed by atoms with Gasteiger partial charge in [-0.25, -0.2) is 8.78 Å². The highest BCUT2D eigenvalue weighted by Gasteiger charge is 2.22. The van der Waals surface area contributed by atoms with Crippen LogP contribution in [-0.4, -0.2) is 6.18 Å². The lowest BCUT2D eigenvalue weighted by Crippen LogP contribution is -2.02. The second-order valence-corrected chi connectivity index (χ2v) is 4.95. The molecule has 0 spiro atoms. The number of aryl methyl sites for hydroxylation is 1. The van der Waals surface area contributed by atoms with Crippen molar-refractivity contribution in [3.63, 3.8) is 0 Å². The van der Waals surface area contributed by atoms with Crippen LogP contribution >= 0.6 is 0 Å². The van der Waals surface area contributed by atoms with Crippen LogP contribution in [0.1, 0.15) is 16.7 Å². The summed E-state index contributed by atoms with van der Waals surface area (Å²) in [5.74, 6) is -2.33. The molecule has 6 heteroatoms. The molecule has 0 heterocycles. The first kappa shape index (κ1) is 17.0. The minimum atomic E-state index is -4.64. The SMILES string of the molecule is Cc1ccc(COc2cc(F)c(C=CC(F)(F)F)c(F)c2)cc1. The van der Waals surface area contributed by atoms with Crippen molar-refractivity contribution in [1.82, 2.24) is 0 Å². The minimum Gasteiger partial charge on any atom is -0.489 e. The summed E-state index contributed by atoms with van der Waals surface area (Å²) in [5.41, 5.74) is 1.11. The molecule has 0 aromatic heterocycles. The fraction of sp³-hybridized carbons (Fsp3) is 0.176. The van der Waals surface area contributed by atoms with Gasteiger partial charge in [0.05, 0.1) is 0 Å². The van der Waals surface area contributed by atoms with Crippen molar-refractivity contribution < 1.29 is 26.7 Å². The lowest BCUT2D eigenvalue weighted by Gasteiger charge is -2.09. The first-order valence-electron chi connectivity index (χ1n) is 6.68. The summed E-state index contributed by atoms with van der Waals surface area (Å²) in [6.07, 6.45) is -4.50. The Bertz CT molecular complexity index is 679. The lowest BCUT2D eigenvalue weighted by molar-refractivity contribution is -0.0790. The van der Waals surface area contributed by atoms with Crippen LogP contribution < -0.4 is 4.74 Å². The fourth-order valence-electron chi connectivity index (χ4n) is 1.83. The average molecular weight is 328 g/mol. The standard InChI is InChI=1S/C17H13F5O/c1-11-2-4-12(5-3-11)10-23-13-8-15(18)14(16(19)9-13)6-7-17(20,21)22/h2-9H,10H2,1H3. The van der Waals surface area contributed by atoms with E-state index in [1.807, 2.05) is 31.2 Å². The van der Waals surface area contributed by atoms with Crippen LogP contribution in [0.4, 0.5) is 22.0 Å². The molecule has 122 valence electrons. The predicted molar refractivity (Wildman–Crippen MR) is 77.0 cm³/mol. The van der Waals surface area contributed by atoms with E-state index >= 15 is 0 Å². The molecule has 23 heavy (non-hydrogen) atoms. The third-order valence-electron chi connectivity index (χ3n) is 3.02. The van der Waals surface area contributed by atoms with E-state index in [2.05, 4.69) is 0 Å². The van der Waals surface area contributed by atoms with Crippen molar-refractivity contribution in [2.24, 2.45) is 0 Å². The maximum Gasteiger partial charge on any atom is 0.409 e. The van der Waals surface area contributed by atoms with Crippen molar-refractivity contribution >= 4 is 6.08 Å². The normalized spacial score (nSPS) is 11.9. The van der Waals surface area contributed by atoms with Crippen molar-refractivity contribution in [3.8, 4) is 5.75 Å². The highest BCUT2D eigenvalue weighted by Crippen LogP contribution is 2.25. The largest absolute Gasteiger partial charge is 0.489 e. The van der Waals surface area contributed by atoms with Crippen LogP contribution in [0.15, 0.2) is 42.5 Å². The van der Waals surface area contributed by atoms with Crippen molar-refractivity contribution in [3.05, 3.63) is 70.8 Å². The monoisotopic (exact) mass is 328 g/mol. The predicted octanol–water partition coefficient (Wildman–Crippen LogP) is 5.43. The van der Waals surface area contributed by atoms with E-state index in [0.29, 0.717) is 6.08 Å². The molecule has 0 N–H and O–H groups in total. The molecule has 0 radical (unpaired) electrons. The first-order valence-corrected chi connectivity index (χ1v) is 6.68. The summed E-state index contributed by atoms with van der Waals surface area (Å²) in [6, 6.07) is 9.06. The maximum absolute atomic E-state index is 13.7. The third kappa shape index (κ3) is 5.09. The molecule has 0 aliphatic heterocycles. The van der Waals surface area contributed by atoms with Crippen molar-refractivity contribution in [1.29, 1.82) is 0 Å². The van der Waals surface area contributed by atoms with E-state index in [0.717, 1.165) is 23.3 Å². The molecule has 2 aromatic rings. The van der Waals surface area contributed by atoms with Crippen LogP contribution in [0.5, 0.6) is 5.75 Å². The number of hydrogen-bond acceptors (Lipinski definition) is 1. The molecule has 0 fully saturated rings. The zero-order chi connectivity index (χ0) is 17.0. The van der Waals surface area contributed by atoms with Crippen molar-refractivity contribution in [2.45, 2.75) is 19.7 Å². The molecule has 2 aromatic carbocycles. The molecule has 2 rings (SSSR count). The summed E-state index contributed by atoms with van der Waals surface area (Å²) in [7, 11) is 0. The molecular weight excluding hydrogens is 315 g/mol. The zero-order valence-electron chi connectivity index (χ0n) is 12.1. The first-order chi connectivity index (χ1) is 10.7. The quantitative estimate of drug-likeness (QED) is 0.680. The summed E-state index contributed by atoms with van der Waals surface area (Å²) >= 11 is 0. The molecule has 0 bridgehead atoms. The van der Waals surface area contributed by atoms with Crippen LogP contribution in [0.25, 0.3) is 6.08 Å². The van der Waals surface area contributed by atoms with Gasteiger partial charge in [0.25, 0.3) is 0 Å². The summed E-state index contributed by atoms with van der Waals surface area (Å²) < 4.78 is 68.9. The van der Waals surface area contributed by atoms with E-state index in [9.17, 15) is 22.0 Å². The molecule has 0 aliphatic carbocycles. The van der Waals surface area contributed by atoms with Gasteiger partial charge in [0.2, 0.25) is 0 Å². The highest BCUT2D eigenvalue weighted by molar-refractivity contribution is 5.53. The van der Waals surface area contributed by atoms with Crippen LogP contribution in [0.3, 0.4) is 0 Å². The average Bonchev–Trinajstić information content (AvgIpc) is 2.44. The molecule has 1 nitrogen and oxygen atoms in total. The van der Waals surface area contributed by atoms with E-state index in [1.165, 1.54) is 0 Å². The van der Waals surface area contributed by atoms with Gasteiger partial charge in [0.15, 0.2) is 0 Å². The summed E-state index contributed by atoms with van der Waals surface area (Å²) in [4.78, 5) is 0. The highest BCUT2D eigenvalue weighted by atomic mass is 19.4. The van der Waals surface area contributed by atoms with Crippen molar-refractivity contribution in [2.75, 3.05) is 0 Å². The number of alkyl halides is 3. The number of ether oxygens (including phenoxy) is 1. The Morgan fingerprint density at radius 2 is 1.57 bits per heavy atom. The number of halogens is 5. The number of rotatable bonds is 4. The Morgan fingerprint density at radius 1 is 1.00 bits per heavy atom. The Morgan fingerprint density at radius 3 is 2.09 bits per heavy atom. The molecule has 0 aliphatic rings. The van der Waals surface area contributed by atoms with Gasteiger partial charge in [0.1, 0.15) is 24.0 Å². The number of hydrogen-bond donors (Lipinski definition) is 0. The minimum absolute atomic E-state index is 0.0928. The van der Waals surface area contributed by atoms with Gasteiger partial charge in [-0.15, -0.1) is 0 Å². The zero-order valence-corrected chi connectivity index (χ0v) is 12.1. The van der Waals surface area contributed by atoms with Gasteiger partial charge in [0, 0.05) is 23.8 Å². The van der Waals surface area contributed by atoms with Gasteiger partial charge in [-0.3, -0.25) is 0 Å². The van der Waals surface area contributed by atoms with E-state index in [4.69, 9.17) is 4.74 Å². The number of benzene rings is 2.